The van der Waals surface area contributed by atoms with Crippen LogP contribution in [0.1, 0.15) is 10.4 Å². The lowest BCUT2D eigenvalue weighted by atomic mass is 10.2. The lowest BCUT2D eigenvalue weighted by molar-refractivity contribution is 0.102. The summed E-state index contributed by atoms with van der Waals surface area (Å²) < 4.78 is 1.60. The van der Waals surface area contributed by atoms with Crippen molar-refractivity contribution >= 4 is 23.5 Å². The van der Waals surface area contributed by atoms with E-state index < -0.39 is 0 Å². The highest BCUT2D eigenvalue weighted by Gasteiger charge is 2.11. The minimum atomic E-state index is -0.199. The molecule has 0 saturated heterocycles. The molecule has 110 valence electrons. The first-order valence-corrected chi connectivity index (χ1v) is 7.77. The quantitative estimate of drug-likeness (QED) is 0.750. The average molecular weight is 311 g/mol. The number of carbonyl (C=O) groups excluding carboxylic acids is 1. The Labute approximate surface area is 131 Å². The first kappa shape index (κ1) is 14.3. The zero-order chi connectivity index (χ0) is 15.4. The molecule has 0 fully saturated rings. The summed E-state index contributed by atoms with van der Waals surface area (Å²) in [5, 5.41) is 6.89. The van der Waals surface area contributed by atoms with Gasteiger partial charge in [-0.15, -0.1) is 11.8 Å². The number of hydrogen-bond acceptors (Lipinski definition) is 5. The summed E-state index contributed by atoms with van der Waals surface area (Å²) in [6.07, 6.45) is 6.77. The molecule has 1 N–H and O–H groups in total. The molecule has 7 heteroatoms. The summed E-state index contributed by atoms with van der Waals surface area (Å²) in [5.74, 6) is 0.824. The van der Waals surface area contributed by atoms with Crippen molar-refractivity contribution in [3.05, 3.63) is 60.7 Å². The monoisotopic (exact) mass is 311 g/mol. The summed E-state index contributed by atoms with van der Waals surface area (Å²) in [6.45, 7) is 0. The molecule has 2 aromatic heterocycles. The fourth-order valence-corrected chi connectivity index (χ4v) is 2.56. The van der Waals surface area contributed by atoms with Gasteiger partial charge in [-0.1, -0.05) is 12.1 Å². The third-order valence-corrected chi connectivity index (χ3v) is 3.78. The molecule has 0 aliphatic heterocycles. The minimum Gasteiger partial charge on any atom is -0.306 e. The summed E-state index contributed by atoms with van der Waals surface area (Å²) in [4.78, 5) is 21.5. The first-order chi connectivity index (χ1) is 10.8. The topological polar surface area (TPSA) is 72.7 Å². The number of carbonyl (C=O) groups is 1. The lowest BCUT2D eigenvalue weighted by Gasteiger charge is -2.08. The number of anilines is 1. The molecule has 0 saturated carbocycles. The molecular formula is C15H13N5OS. The first-order valence-electron chi connectivity index (χ1n) is 6.54. The van der Waals surface area contributed by atoms with Crippen LogP contribution in [-0.2, 0) is 0 Å². The molecule has 6 nitrogen and oxygen atoms in total. The Morgan fingerprint density at radius 2 is 2.09 bits per heavy atom. The van der Waals surface area contributed by atoms with Crippen LogP contribution in [0.2, 0.25) is 0 Å². The van der Waals surface area contributed by atoms with Crippen LogP contribution < -0.4 is 5.32 Å². The van der Waals surface area contributed by atoms with Gasteiger partial charge in [0.25, 0.3) is 5.91 Å². The molecule has 0 radical (unpaired) electrons. The van der Waals surface area contributed by atoms with Crippen LogP contribution in [0.5, 0.6) is 0 Å². The molecule has 0 spiro atoms. The second-order valence-electron chi connectivity index (χ2n) is 4.37. The van der Waals surface area contributed by atoms with E-state index in [2.05, 4.69) is 20.4 Å². The average Bonchev–Trinajstić information content (AvgIpc) is 3.09. The van der Waals surface area contributed by atoms with Gasteiger partial charge in [0.05, 0.1) is 5.56 Å². The molecule has 1 aromatic carbocycles. The molecule has 3 rings (SSSR count). The van der Waals surface area contributed by atoms with Crippen LogP contribution in [0.15, 0.2) is 60.0 Å². The Morgan fingerprint density at radius 1 is 1.23 bits per heavy atom. The van der Waals surface area contributed by atoms with E-state index in [0.717, 1.165) is 4.90 Å². The molecule has 0 aliphatic carbocycles. The van der Waals surface area contributed by atoms with Crippen molar-refractivity contribution in [1.82, 2.24) is 19.7 Å². The van der Waals surface area contributed by atoms with E-state index in [1.807, 2.05) is 24.5 Å². The normalized spacial score (nSPS) is 10.4. The Kier molecular flexibility index (Phi) is 4.15. The van der Waals surface area contributed by atoms with E-state index in [1.54, 1.807) is 35.3 Å². The van der Waals surface area contributed by atoms with Gasteiger partial charge in [-0.3, -0.25) is 4.79 Å². The highest BCUT2D eigenvalue weighted by atomic mass is 32.2. The number of hydrogen-bond donors (Lipinski definition) is 1. The second-order valence-corrected chi connectivity index (χ2v) is 5.21. The summed E-state index contributed by atoms with van der Waals surface area (Å²) in [6, 6.07) is 10.9. The van der Waals surface area contributed by atoms with Gasteiger partial charge in [-0.25, -0.2) is 14.6 Å². The number of thioether (sulfide) groups is 1. The van der Waals surface area contributed by atoms with Crippen molar-refractivity contribution < 1.29 is 4.79 Å². The largest absolute Gasteiger partial charge is 0.306 e. The van der Waals surface area contributed by atoms with E-state index in [4.69, 9.17) is 0 Å². The van der Waals surface area contributed by atoms with Gasteiger partial charge in [0.2, 0.25) is 0 Å². The second kappa shape index (κ2) is 6.40. The Hall–Kier alpha value is -2.67. The Balaban J connectivity index is 1.84. The van der Waals surface area contributed by atoms with Crippen molar-refractivity contribution in [3.63, 3.8) is 0 Å². The predicted molar refractivity (Wildman–Crippen MR) is 85.3 cm³/mol. The number of benzene rings is 1. The fraction of sp³-hybridized carbons (Fsp3) is 0.0667. The molecule has 2 heterocycles. The van der Waals surface area contributed by atoms with Crippen LogP contribution in [0.4, 0.5) is 5.82 Å². The summed E-state index contributed by atoms with van der Waals surface area (Å²) >= 11 is 1.53. The highest BCUT2D eigenvalue weighted by Crippen LogP contribution is 2.20. The lowest BCUT2D eigenvalue weighted by Crippen LogP contribution is -2.14. The molecule has 1 amide bonds. The van der Waals surface area contributed by atoms with Crippen LogP contribution in [0.25, 0.3) is 5.82 Å². The summed E-state index contributed by atoms with van der Waals surface area (Å²) in [7, 11) is 0. The van der Waals surface area contributed by atoms with Gasteiger partial charge in [-0.2, -0.15) is 5.10 Å². The Morgan fingerprint density at radius 3 is 2.86 bits per heavy atom. The number of amides is 1. The SMILES string of the molecule is CSc1ccccc1C(=O)Nc1cc(-n2cccn2)ncn1. The highest BCUT2D eigenvalue weighted by molar-refractivity contribution is 7.98. The standard InChI is InChI=1S/C15H13N5OS/c1-22-12-6-3-2-5-11(12)15(21)19-13-9-14(17-10-16-13)20-8-4-7-18-20/h2-10H,1H3,(H,16,17,19,21). The van der Waals surface area contributed by atoms with Gasteiger partial charge in [-0.05, 0) is 24.5 Å². The van der Waals surface area contributed by atoms with Crippen molar-refractivity contribution in [3.8, 4) is 5.82 Å². The molecule has 22 heavy (non-hydrogen) atoms. The van der Waals surface area contributed by atoms with Crippen LogP contribution >= 0.6 is 11.8 Å². The van der Waals surface area contributed by atoms with Crippen LogP contribution in [-0.4, -0.2) is 31.9 Å². The van der Waals surface area contributed by atoms with Crippen LogP contribution in [0.3, 0.4) is 0 Å². The number of nitrogens with one attached hydrogen (secondary N) is 1. The van der Waals surface area contributed by atoms with Crippen molar-refractivity contribution in [1.29, 1.82) is 0 Å². The molecule has 0 aliphatic rings. The van der Waals surface area contributed by atoms with Gasteiger partial charge >= 0.3 is 0 Å². The van der Waals surface area contributed by atoms with Gasteiger partial charge in [0, 0.05) is 23.4 Å². The van der Waals surface area contributed by atoms with Crippen molar-refractivity contribution in [2.75, 3.05) is 11.6 Å². The minimum absolute atomic E-state index is 0.199. The van der Waals surface area contributed by atoms with E-state index >= 15 is 0 Å². The van der Waals surface area contributed by atoms with E-state index in [9.17, 15) is 4.79 Å². The molecule has 3 aromatic rings. The maximum Gasteiger partial charge on any atom is 0.257 e. The molecule has 0 bridgehead atoms. The predicted octanol–water partition coefficient (Wildman–Crippen LogP) is 2.64. The smallest absolute Gasteiger partial charge is 0.257 e. The summed E-state index contributed by atoms with van der Waals surface area (Å²) in [5.41, 5.74) is 0.620. The van der Waals surface area contributed by atoms with Crippen LogP contribution in [0, 0.1) is 0 Å². The van der Waals surface area contributed by atoms with Gasteiger partial charge in [0.15, 0.2) is 5.82 Å². The zero-order valence-electron chi connectivity index (χ0n) is 11.8. The zero-order valence-corrected chi connectivity index (χ0v) is 12.6. The third kappa shape index (κ3) is 2.99. The fourth-order valence-electron chi connectivity index (χ4n) is 1.96. The molecule has 0 atom stereocenters. The van der Waals surface area contributed by atoms with Gasteiger partial charge in [0.1, 0.15) is 12.1 Å². The number of rotatable bonds is 4. The third-order valence-electron chi connectivity index (χ3n) is 2.98. The molecular weight excluding hydrogens is 298 g/mol. The van der Waals surface area contributed by atoms with E-state index in [1.165, 1.54) is 18.1 Å². The number of aromatic nitrogens is 4. The Bertz CT molecular complexity index is 788. The van der Waals surface area contributed by atoms with Crippen molar-refractivity contribution in [2.24, 2.45) is 0 Å². The molecule has 0 unspecified atom stereocenters. The maximum absolute atomic E-state index is 12.4. The van der Waals surface area contributed by atoms with E-state index in [0.29, 0.717) is 17.2 Å². The van der Waals surface area contributed by atoms with Gasteiger partial charge < -0.3 is 5.32 Å². The van der Waals surface area contributed by atoms with E-state index in [-0.39, 0.29) is 5.91 Å². The van der Waals surface area contributed by atoms with Crippen molar-refractivity contribution in [2.45, 2.75) is 4.90 Å². The number of nitrogens with zero attached hydrogens (tertiary/aromatic N) is 4. The maximum atomic E-state index is 12.4.